The normalized spacial score (nSPS) is 16.8. The van der Waals surface area contributed by atoms with Gasteiger partial charge in [0.1, 0.15) is 22.3 Å². The lowest BCUT2D eigenvalue weighted by Gasteiger charge is -2.33. The standard InChI is InChI=1S/C17H19ClN4O.C12H15NO2/c1-21(11-6-4-3-5-7-11)16-12(10-19)17(23)22(2)13-8-9-14(18)20-15(13)16;1-3-9(4-1)7-13-10-5-2-6-11-12(10)15-8-14-11/h8-9,11H,3-7H2,1-2H3;2,5-6,9,13H,1,3-4,7-8H2. The second-order valence-corrected chi connectivity index (χ2v) is 10.7. The maximum absolute atomic E-state index is 12.6. The Morgan fingerprint density at radius 2 is 1.92 bits per heavy atom. The number of hydrogen-bond donors (Lipinski definition) is 1. The Hall–Kier alpha value is -3.44. The van der Waals surface area contributed by atoms with Crippen molar-refractivity contribution in [2.75, 3.05) is 30.6 Å². The van der Waals surface area contributed by atoms with Gasteiger partial charge in [0.25, 0.3) is 5.56 Å². The van der Waals surface area contributed by atoms with Gasteiger partial charge in [-0.1, -0.05) is 43.4 Å². The molecule has 1 N–H and O–H groups in total. The SMILES string of the molecule is CN(c1c(C#N)c(=O)n(C)c2ccc(Cl)nc12)C1CCCCC1.c1cc(NCC2CCC2)c2c(c1)OCO2. The molecule has 6 rings (SSSR count). The maximum atomic E-state index is 12.6. The summed E-state index contributed by atoms with van der Waals surface area (Å²) in [5.41, 5.74) is 2.84. The maximum Gasteiger partial charge on any atom is 0.270 e. The minimum absolute atomic E-state index is 0.142. The van der Waals surface area contributed by atoms with E-state index < -0.39 is 0 Å². The predicted octanol–water partition coefficient (Wildman–Crippen LogP) is 5.85. The zero-order valence-corrected chi connectivity index (χ0v) is 22.8. The molecule has 3 aliphatic rings. The summed E-state index contributed by atoms with van der Waals surface area (Å²) in [6.45, 7) is 1.40. The monoisotopic (exact) mass is 535 g/mol. The number of ether oxygens (including phenoxy) is 2. The quantitative estimate of drug-likeness (QED) is 0.409. The molecule has 8 nitrogen and oxygen atoms in total. The van der Waals surface area contributed by atoms with E-state index in [0.717, 1.165) is 42.5 Å². The van der Waals surface area contributed by atoms with E-state index in [0.29, 0.717) is 34.7 Å². The number of pyridine rings is 2. The summed E-state index contributed by atoms with van der Waals surface area (Å²) < 4.78 is 12.2. The van der Waals surface area contributed by atoms with Crippen LogP contribution in [0.15, 0.2) is 35.1 Å². The lowest BCUT2D eigenvalue weighted by atomic mass is 9.85. The molecule has 38 heavy (non-hydrogen) atoms. The fraction of sp³-hybridized carbons (Fsp3) is 0.483. The zero-order valence-electron chi connectivity index (χ0n) is 22.0. The fourth-order valence-corrected chi connectivity index (χ4v) is 5.63. The molecule has 2 fully saturated rings. The van der Waals surface area contributed by atoms with Crippen LogP contribution in [0.2, 0.25) is 5.15 Å². The van der Waals surface area contributed by atoms with Crippen molar-refractivity contribution < 1.29 is 9.47 Å². The number of aryl methyl sites for hydroxylation is 1. The van der Waals surface area contributed by atoms with Gasteiger partial charge in [0.15, 0.2) is 11.5 Å². The van der Waals surface area contributed by atoms with Crippen LogP contribution in [0.25, 0.3) is 11.0 Å². The number of nitrogens with zero attached hydrogens (tertiary/aromatic N) is 4. The Balaban J connectivity index is 0.000000168. The first-order chi connectivity index (χ1) is 18.5. The average Bonchev–Trinajstić information content (AvgIpc) is 3.40. The van der Waals surface area contributed by atoms with Crippen LogP contribution in [0.4, 0.5) is 11.4 Å². The third-order valence-electron chi connectivity index (χ3n) is 7.97. The number of rotatable bonds is 5. The minimum atomic E-state index is -0.290. The first-order valence-electron chi connectivity index (χ1n) is 13.4. The van der Waals surface area contributed by atoms with Gasteiger partial charge < -0.3 is 24.3 Å². The Morgan fingerprint density at radius 3 is 2.63 bits per heavy atom. The molecule has 2 aromatic heterocycles. The van der Waals surface area contributed by atoms with Gasteiger partial charge in [0.2, 0.25) is 6.79 Å². The molecule has 0 atom stereocenters. The van der Waals surface area contributed by atoms with Crippen molar-refractivity contribution in [3.05, 3.63) is 51.4 Å². The van der Waals surface area contributed by atoms with Crippen molar-refractivity contribution in [1.82, 2.24) is 9.55 Å². The molecule has 3 aromatic rings. The Bertz CT molecular complexity index is 1410. The lowest BCUT2D eigenvalue weighted by Crippen LogP contribution is -2.36. The highest BCUT2D eigenvalue weighted by Crippen LogP contribution is 2.39. The number of benzene rings is 1. The molecule has 0 saturated heterocycles. The van der Waals surface area contributed by atoms with Crippen molar-refractivity contribution in [2.45, 2.75) is 57.4 Å². The number of para-hydroxylation sites is 1. The molecule has 3 heterocycles. The van der Waals surface area contributed by atoms with Crippen LogP contribution >= 0.6 is 11.6 Å². The summed E-state index contributed by atoms with van der Waals surface area (Å²) in [6.07, 6.45) is 9.84. The van der Waals surface area contributed by atoms with E-state index in [1.54, 1.807) is 19.2 Å². The highest BCUT2D eigenvalue weighted by molar-refractivity contribution is 6.29. The number of halogens is 1. The third kappa shape index (κ3) is 5.25. The van der Waals surface area contributed by atoms with Crippen LogP contribution < -0.4 is 25.2 Å². The molecule has 1 aromatic carbocycles. The van der Waals surface area contributed by atoms with E-state index in [1.807, 2.05) is 25.2 Å². The van der Waals surface area contributed by atoms with Gasteiger partial charge in [-0.05, 0) is 55.9 Å². The van der Waals surface area contributed by atoms with Gasteiger partial charge in [0.05, 0.1) is 16.9 Å². The van der Waals surface area contributed by atoms with Crippen LogP contribution in [-0.2, 0) is 7.05 Å². The molecular formula is C29H34ClN5O3. The van der Waals surface area contributed by atoms with Gasteiger partial charge in [-0.2, -0.15) is 5.26 Å². The van der Waals surface area contributed by atoms with E-state index in [9.17, 15) is 10.1 Å². The fourth-order valence-electron chi connectivity index (χ4n) is 5.49. The van der Waals surface area contributed by atoms with Crippen LogP contribution in [0.1, 0.15) is 56.9 Å². The highest BCUT2D eigenvalue weighted by atomic mass is 35.5. The minimum Gasteiger partial charge on any atom is -0.454 e. The molecule has 1 aliphatic heterocycles. The molecule has 0 bridgehead atoms. The Morgan fingerprint density at radius 1 is 1.13 bits per heavy atom. The predicted molar refractivity (Wildman–Crippen MR) is 150 cm³/mol. The topological polar surface area (TPSA) is 92.4 Å². The van der Waals surface area contributed by atoms with E-state index in [-0.39, 0.29) is 11.1 Å². The number of hydrogen-bond acceptors (Lipinski definition) is 7. The number of fused-ring (bicyclic) bond motifs is 2. The number of nitriles is 1. The molecule has 0 radical (unpaired) electrons. The van der Waals surface area contributed by atoms with Crippen molar-refractivity contribution >= 4 is 34.0 Å². The van der Waals surface area contributed by atoms with Crippen molar-refractivity contribution in [2.24, 2.45) is 13.0 Å². The van der Waals surface area contributed by atoms with Crippen molar-refractivity contribution in [3.8, 4) is 17.6 Å². The summed E-state index contributed by atoms with van der Waals surface area (Å²) in [5, 5.41) is 13.4. The van der Waals surface area contributed by atoms with E-state index >= 15 is 0 Å². The van der Waals surface area contributed by atoms with Gasteiger partial charge in [-0.25, -0.2) is 4.98 Å². The van der Waals surface area contributed by atoms with Gasteiger partial charge >= 0.3 is 0 Å². The van der Waals surface area contributed by atoms with E-state index in [4.69, 9.17) is 21.1 Å². The molecule has 200 valence electrons. The van der Waals surface area contributed by atoms with E-state index in [2.05, 4.69) is 21.3 Å². The molecule has 0 amide bonds. The molecule has 9 heteroatoms. The summed E-state index contributed by atoms with van der Waals surface area (Å²) >= 11 is 6.07. The first-order valence-corrected chi connectivity index (χ1v) is 13.8. The van der Waals surface area contributed by atoms with Gasteiger partial charge in [-0.3, -0.25) is 4.79 Å². The van der Waals surface area contributed by atoms with Crippen LogP contribution in [0, 0.1) is 17.2 Å². The van der Waals surface area contributed by atoms with Crippen LogP contribution in [0.5, 0.6) is 11.5 Å². The van der Waals surface area contributed by atoms with Crippen molar-refractivity contribution in [3.63, 3.8) is 0 Å². The Kier molecular flexibility index (Phi) is 7.94. The largest absolute Gasteiger partial charge is 0.454 e. The van der Waals surface area contributed by atoms with E-state index in [1.165, 1.54) is 43.1 Å². The summed E-state index contributed by atoms with van der Waals surface area (Å²) in [6, 6.07) is 11.8. The smallest absolute Gasteiger partial charge is 0.270 e. The second kappa shape index (κ2) is 11.5. The molecule has 0 spiro atoms. The summed E-state index contributed by atoms with van der Waals surface area (Å²) in [5.74, 6) is 2.58. The zero-order chi connectivity index (χ0) is 26.6. The van der Waals surface area contributed by atoms with Gasteiger partial charge in [0, 0.05) is 26.7 Å². The molecular weight excluding hydrogens is 502 g/mol. The van der Waals surface area contributed by atoms with Crippen LogP contribution in [0.3, 0.4) is 0 Å². The number of aromatic nitrogens is 2. The Labute approximate surface area is 228 Å². The first kappa shape index (κ1) is 26.2. The second-order valence-electron chi connectivity index (χ2n) is 10.3. The highest BCUT2D eigenvalue weighted by Gasteiger charge is 2.26. The third-order valence-corrected chi connectivity index (χ3v) is 8.18. The molecule has 0 unspecified atom stereocenters. The summed E-state index contributed by atoms with van der Waals surface area (Å²) in [4.78, 5) is 19.0. The number of nitrogens with one attached hydrogen (secondary N) is 1. The van der Waals surface area contributed by atoms with Crippen LogP contribution in [-0.4, -0.2) is 36.0 Å². The van der Waals surface area contributed by atoms with Crippen molar-refractivity contribution in [1.29, 1.82) is 5.26 Å². The number of anilines is 2. The lowest BCUT2D eigenvalue weighted by molar-refractivity contribution is 0.174. The molecule has 2 aliphatic carbocycles. The van der Waals surface area contributed by atoms with Gasteiger partial charge in [-0.15, -0.1) is 0 Å². The average molecular weight is 536 g/mol. The molecule has 2 saturated carbocycles. The summed E-state index contributed by atoms with van der Waals surface area (Å²) in [7, 11) is 3.61.